The van der Waals surface area contributed by atoms with Gasteiger partial charge in [0.15, 0.2) is 0 Å². The molecule has 6 aromatic rings. The number of aliphatic imine (C=N–C) groups is 2. The zero-order valence-corrected chi connectivity index (χ0v) is 28.0. The SMILES string of the molecule is C=CCn1cc2cc1C(c1ccccc1)=C1C=CC(=N1)C(c1ccccc1)=C1C=CC(=N1)C(c1ccccc1)=c1ccc([nH]1)=C2c1ccccc1. The summed E-state index contributed by atoms with van der Waals surface area (Å²) in [7, 11) is 0. The van der Waals surface area contributed by atoms with E-state index in [4.69, 9.17) is 9.98 Å². The molecule has 0 atom stereocenters. The molecule has 0 aliphatic carbocycles. The number of benzene rings is 4. The Morgan fingerprint density at radius 1 is 0.490 bits per heavy atom. The van der Waals surface area contributed by atoms with Gasteiger partial charge < -0.3 is 9.55 Å². The van der Waals surface area contributed by atoms with Gasteiger partial charge in [0.25, 0.3) is 0 Å². The van der Waals surface area contributed by atoms with Gasteiger partial charge in [0.05, 0.1) is 28.5 Å². The summed E-state index contributed by atoms with van der Waals surface area (Å²) < 4.78 is 2.29. The lowest BCUT2D eigenvalue weighted by molar-refractivity contribution is 0.817. The molecule has 4 heteroatoms. The lowest BCUT2D eigenvalue weighted by Gasteiger charge is -2.13. The first-order valence-electron chi connectivity index (χ1n) is 17.2. The predicted molar refractivity (Wildman–Crippen MR) is 211 cm³/mol. The number of hydrogen-bond acceptors (Lipinski definition) is 2. The zero-order valence-electron chi connectivity index (χ0n) is 28.0. The molecule has 0 amide bonds. The highest BCUT2D eigenvalue weighted by Gasteiger charge is 2.25. The van der Waals surface area contributed by atoms with Gasteiger partial charge in [0.2, 0.25) is 0 Å². The van der Waals surface area contributed by atoms with Gasteiger partial charge in [-0.2, -0.15) is 0 Å². The van der Waals surface area contributed by atoms with E-state index in [1.165, 1.54) is 0 Å². The van der Waals surface area contributed by atoms with Crippen LogP contribution in [0.3, 0.4) is 0 Å². The number of nitrogens with one attached hydrogen (secondary N) is 1. The van der Waals surface area contributed by atoms with Crippen LogP contribution in [-0.4, -0.2) is 21.0 Å². The molecule has 4 aromatic carbocycles. The Morgan fingerprint density at radius 3 is 1.49 bits per heavy atom. The molecule has 5 heterocycles. The Labute approximate surface area is 297 Å². The highest BCUT2D eigenvalue weighted by Crippen LogP contribution is 2.37. The number of aromatic amines is 1. The topological polar surface area (TPSA) is 45.4 Å². The van der Waals surface area contributed by atoms with Crippen LogP contribution in [0.25, 0.3) is 22.3 Å². The third-order valence-corrected chi connectivity index (χ3v) is 9.55. The van der Waals surface area contributed by atoms with Crippen LogP contribution in [0.5, 0.6) is 0 Å². The normalized spacial score (nSPS) is 15.1. The van der Waals surface area contributed by atoms with E-state index in [1.54, 1.807) is 0 Å². The van der Waals surface area contributed by atoms with Crippen molar-refractivity contribution >= 4 is 33.7 Å². The monoisotopic (exact) mass is 654 g/mol. The fourth-order valence-electron chi connectivity index (χ4n) is 7.31. The predicted octanol–water partition coefficient (Wildman–Crippen LogP) is 8.65. The third kappa shape index (κ3) is 5.53. The quantitative estimate of drug-likeness (QED) is 0.175. The Balaban J connectivity index is 1.45. The lowest BCUT2D eigenvalue weighted by atomic mass is 9.97. The molecule has 0 saturated heterocycles. The Kier molecular flexibility index (Phi) is 7.67. The first kappa shape index (κ1) is 30.3. The van der Waals surface area contributed by atoms with E-state index in [0.717, 1.165) is 89.3 Å². The number of allylic oxidation sites excluding steroid dienone is 6. The van der Waals surface area contributed by atoms with Crippen LogP contribution >= 0.6 is 0 Å². The summed E-state index contributed by atoms with van der Waals surface area (Å²) in [6.45, 7) is 4.78. The molecule has 1 N–H and O–H groups in total. The number of fused-ring (bicyclic) bond motifs is 6. The highest BCUT2D eigenvalue weighted by atomic mass is 15.0. The van der Waals surface area contributed by atoms with Crippen LogP contribution in [-0.2, 0) is 6.54 Å². The second kappa shape index (κ2) is 12.9. The van der Waals surface area contributed by atoms with Gasteiger partial charge in [0.1, 0.15) is 0 Å². The van der Waals surface area contributed by atoms with E-state index in [-0.39, 0.29) is 0 Å². The molecule has 9 rings (SSSR count). The third-order valence-electron chi connectivity index (χ3n) is 9.55. The number of H-pyrrole nitrogens is 1. The summed E-state index contributed by atoms with van der Waals surface area (Å²) in [5, 5.41) is 2.02. The van der Waals surface area contributed by atoms with Crippen LogP contribution < -0.4 is 10.7 Å². The minimum absolute atomic E-state index is 0.643. The number of hydrogen-bond donors (Lipinski definition) is 1. The number of aromatic nitrogens is 2. The molecule has 0 spiro atoms. The van der Waals surface area contributed by atoms with E-state index >= 15 is 0 Å². The Bertz CT molecular complexity index is 2620. The maximum absolute atomic E-state index is 5.42. The van der Waals surface area contributed by atoms with E-state index in [9.17, 15) is 0 Å². The maximum Gasteiger partial charge on any atom is 0.0738 e. The zero-order chi connectivity index (χ0) is 34.1. The summed E-state index contributed by atoms with van der Waals surface area (Å²) in [5.74, 6) is 0. The van der Waals surface area contributed by atoms with Gasteiger partial charge in [-0.05, 0) is 64.8 Å². The van der Waals surface area contributed by atoms with E-state index in [0.29, 0.717) is 6.54 Å². The van der Waals surface area contributed by atoms with Crippen molar-refractivity contribution in [2.45, 2.75) is 6.54 Å². The van der Waals surface area contributed by atoms with Gasteiger partial charge in [0, 0.05) is 51.3 Å². The fourth-order valence-corrected chi connectivity index (χ4v) is 7.31. The van der Waals surface area contributed by atoms with E-state index < -0.39 is 0 Å². The Hall–Kier alpha value is -6.78. The lowest BCUT2D eigenvalue weighted by Crippen LogP contribution is -2.19. The van der Waals surface area contributed by atoms with E-state index in [2.05, 4.69) is 180 Å². The van der Waals surface area contributed by atoms with Gasteiger partial charge in [-0.1, -0.05) is 127 Å². The molecule has 0 radical (unpaired) electrons. The van der Waals surface area contributed by atoms with Crippen molar-refractivity contribution < 1.29 is 0 Å². The highest BCUT2D eigenvalue weighted by molar-refractivity contribution is 6.35. The van der Waals surface area contributed by atoms with Crippen LogP contribution in [0, 0.1) is 0 Å². The van der Waals surface area contributed by atoms with Crippen molar-refractivity contribution in [3.05, 3.63) is 238 Å². The van der Waals surface area contributed by atoms with Gasteiger partial charge in [-0.15, -0.1) is 6.58 Å². The van der Waals surface area contributed by atoms with Crippen LogP contribution in [0.2, 0.25) is 0 Å². The average molecular weight is 655 g/mol. The molecule has 3 aliphatic rings. The van der Waals surface area contributed by atoms with Crippen molar-refractivity contribution in [3.8, 4) is 0 Å². The average Bonchev–Trinajstić information content (AvgIpc) is 4.01. The Morgan fingerprint density at radius 2 is 0.941 bits per heavy atom. The van der Waals surface area contributed by atoms with Crippen molar-refractivity contribution in [1.29, 1.82) is 0 Å². The second-order valence-corrected chi connectivity index (χ2v) is 12.7. The first-order valence-corrected chi connectivity index (χ1v) is 17.2. The van der Waals surface area contributed by atoms with Crippen LogP contribution in [0.4, 0.5) is 0 Å². The van der Waals surface area contributed by atoms with Crippen LogP contribution in [0.1, 0.15) is 33.5 Å². The summed E-state index contributed by atoms with van der Waals surface area (Å²) in [5.41, 5.74) is 14.3. The van der Waals surface area contributed by atoms with Crippen molar-refractivity contribution in [3.63, 3.8) is 0 Å². The van der Waals surface area contributed by atoms with Gasteiger partial charge in [-0.25, -0.2) is 9.98 Å². The molecular formula is C47H34N4. The molecule has 242 valence electrons. The molecule has 51 heavy (non-hydrogen) atoms. The fraction of sp³-hybridized carbons (Fsp3) is 0.0213. The van der Waals surface area contributed by atoms with Crippen molar-refractivity contribution in [2.24, 2.45) is 9.98 Å². The maximum atomic E-state index is 5.42. The summed E-state index contributed by atoms with van der Waals surface area (Å²) in [6.07, 6.45) is 12.7. The molecular weight excluding hydrogens is 621 g/mol. The summed E-state index contributed by atoms with van der Waals surface area (Å²) in [6, 6.07) is 48.9. The minimum atomic E-state index is 0.643. The van der Waals surface area contributed by atoms with Gasteiger partial charge in [-0.3, -0.25) is 0 Å². The molecule has 4 nitrogen and oxygen atoms in total. The number of nitrogens with zero attached hydrogens (tertiary/aromatic N) is 3. The van der Waals surface area contributed by atoms with Crippen molar-refractivity contribution in [1.82, 2.24) is 9.55 Å². The molecule has 8 bridgehead atoms. The van der Waals surface area contributed by atoms with Crippen molar-refractivity contribution in [2.75, 3.05) is 0 Å². The summed E-state index contributed by atoms with van der Waals surface area (Å²) >= 11 is 0. The minimum Gasteiger partial charge on any atom is -0.354 e. The molecule has 0 fully saturated rings. The standard InChI is InChI=1S/C47H34N4/c1-2-29-51-31-36-30-43(51)47(35-21-13-6-14-22-35)42-28-27-41(50-42)46(34-19-11-5-12-20-34)40-26-25-39(49-40)45(33-17-9-4-10-18-33)38-24-23-37(48-38)44(36)32-15-7-3-8-16-32/h2-28,30-31,48H,1,29H2. The second-order valence-electron chi connectivity index (χ2n) is 12.7. The summed E-state index contributed by atoms with van der Waals surface area (Å²) in [4.78, 5) is 14.6. The van der Waals surface area contributed by atoms with E-state index in [1.807, 2.05) is 12.1 Å². The molecule has 3 aliphatic heterocycles. The largest absolute Gasteiger partial charge is 0.354 e. The first-order chi connectivity index (χ1) is 25.2. The molecule has 0 saturated carbocycles. The molecule has 0 unspecified atom stereocenters. The van der Waals surface area contributed by atoms with Gasteiger partial charge >= 0.3 is 0 Å². The number of rotatable bonds is 6. The molecule has 2 aromatic heterocycles. The smallest absolute Gasteiger partial charge is 0.0738 e. The van der Waals surface area contributed by atoms with Crippen LogP contribution in [0.15, 0.2) is 204 Å².